The van der Waals surface area contributed by atoms with Crippen LogP contribution in [0.1, 0.15) is 0 Å². The van der Waals surface area contributed by atoms with Crippen molar-refractivity contribution in [3.05, 3.63) is 21.1 Å². The van der Waals surface area contributed by atoms with Gasteiger partial charge in [0.1, 0.15) is 5.75 Å². The van der Waals surface area contributed by atoms with E-state index in [1.165, 1.54) is 6.07 Å². The van der Waals surface area contributed by atoms with Crippen LogP contribution in [0.25, 0.3) is 0 Å². The number of primary sulfonamides is 1. The number of nitrogens with two attached hydrogens (primary N) is 1. The fraction of sp³-hybridized carbons (Fsp3) is 0.143. The van der Waals surface area contributed by atoms with E-state index >= 15 is 0 Å². The topological polar surface area (TPSA) is 69.4 Å². The number of hydrogen-bond donors (Lipinski definition) is 1. The van der Waals surface area contributed by atoms with Crippen molar-refractivity contribution >= 4 is 41.9 Å². The lowest BCUT2D eigenvalue weighted by molar-refractivity contribution is -0.0505. The standard InChI is InChI=1S/C7H5Br2F2NO3S/c8-3-1-4(9)6(16(12,13)14)2-5(3)15-7(10)11/h1-2,7H,(H2,12,13,14). The van der Waals surface area contributed by atoms with Gasteiger partial charge in [0.15, 0.2) is 0 Å². The molecule has 0 saturated heterocycles. The first-order valence-electron chi connectivity index (χ1n) is 3.68. The van der Waals surface area contributed by atoms with Gasteiger partial charge in [0, 0.05) is 10.5 Å². The molecule has 1 aromatic rings. The Bertz CT molecular complexity index is 507. The number of halogens is 4. The van der Waals surface area contributed by atoms with Crippen molar-refractivity contribution < 1.29 is 21.9 Å². The SMILES string of the molecule is NS(=O)(=O)c1cc(OC(F)F)c(Br)cc1Br. The van der Waals surface area contributed by atoms with Crippen LogP contribution in [0, 0.1) is 0 Å². The van der Waals surface area contributed by atoms with Crippen molar-refractivity contribution in [2.24, 2.45) is 5.14 Å². The van der Waals surface area contributed by atoms with E-state index in [0.717, 1.165) is 6.07 Å². The van der Waals surface area contributed by atoms with Gasteiger partial charge in [-0.15, -0.1) is 0 Å². The maximum atomic E-state index is 12.0. The molecule has 0 fully saturated rings. The molecule has 0 radical (unpaired) electrons. The van der Waals surface area contributed by atoms with Crippen LogP contribution in [0.4, 0.5) is 8.78 Å². The van der Waals surface area contributed by atoms with E-state index in [9.17, 15) is 17.2 Å². The van der Waals surface area contributed by atoms with Gasteiger partial charge in [0.05, 0.1) is 9.37 Å². The first-order chi connectivity index (χ1) is 7.21. The molecular weight excluding hydrogens is 376 g/mol. The molecule has 0 aliphatic rings. The van der Waals surface area contributed by atoms with Gasteiger partial charge in [-0.05, 0) is 37.9 Å². The van der Waals surface area contributed by atoms with Crippen molar-refractivity contribution in [3.63, 3.8) is 0 Å². The molecule has 0 saturated carbocycles. The molecule has 4 nitrogen and oxygen atoms in total. The van der Waals surface area contributed by atoms with Gasteiger partial charge in [-0.2, -0.15) is 8.78 Å². The fourth-order valence-corrected chi connectivity index (χ4v) is 3.28. The van der Waals surface area contributed by atoms with Crippen LogP contribution in [0.15, 0.2) is 26.0 Å². The largest absolute Gasteiger partial charge is 0.434 e. The number of sulfonamides is 1. The molecule has 2 N–H and O–H groups in total. The average molecular weight is 381 g/mol. The zero-order chi connectivity index (χ0) is 12.5. The van der Waals surface area contributed by atoms with E-state index in [4.69, 9.17) is 5.14 Å². The zero-order valence-electron chi connectivity index (χ0n) is 7.45. The predicted molar refractivity (Wildman–Crippen MR) is 59.8 cm³/mol. The molecular formula is C7H5Br2F2NO3S. The lowest BCUT2D eigenvalue weighted by atomic mass is 10.3. The van der Waals surface area contributed by atoms with Crippen molar-refractivity contribution in [2.45, 2.75) is 11.5 Å². The number of ether oxygens (including phenoxy) is 1. The summed E-state index contributed by atoms with van der Waals surface area (Å²) in [6, 6.07) is 2.17. The van der Waals surface area contributed by atoms with Crippen LogP contribution in [0.5, 0.6) is 5.75 Å². The fourth-order valence-electron chi connectivity index (χ4n) is 0.915. The summed E-state index contributed by atoms with van der Waals surface area (Å²) in [6.45, 7) is -3.05. The molecule has 90 valence electrons. The van der Waals surface area contributed by atoms with Crippen molar-refractivity contribution in [1.29, 1.82) is 0 Å². The molecule has 0 aromatic heterocycles. The van der Waals surface area contributed by atoms with Gasteiger partial charge >= 0.3 is 6.61 Å². The molecule has 0 amide bonds. The molecule has 9 heteroatoms. The summed E-state index contributed by atoms with van der Waals surface area (Å²) in [6.07, 6.45) is 0. The van der Waals surface area contributed by atoms with Crippen LogP contribution in [0.3, 0.4) is 0 Å². The first kappa shape index (κ1) is 13.8. The van der Waals surface area contributed by atoms with Gasteiger partial charge in [0.2, 0.25) is 10.0 Å². The number of hydrogen-bond acceptors (Lipinski definition) is 3. The predicted octanol–water partition coefficient (Wildman–Crippen LogP) is 2.46. The highest BCUT2D eigenvalue weighted by Gasteiger charge is 2.18. The van der Waals surface area contributed by atoms with Crippen LogP contribution < -0.4 is 9.88 Å². The Labute approximate surface area is 107 Å². The molecule has 0 aliphatic heterocycles. The van der Waals surface area contributed by atoms with E-state index in [-0.39, 0.29) is 19.6 Å². The third kappa shape index (κ3) is 3.37. The van der Waals surface area contributed by atoms with Gasteiger partial charge in [-0.1, -0.05) is 0 Å². The number of rotatable bonds is 3. The Balaban J connectivity index is 3.33. The second-order valence-electron chi connectivity index (χ2n) is 2.64. The maximum Gasteiger partial charge on any atom is 0.387 e. The molecule has 0 atom stereocenters. The van der Waals surface area contributed by atoms with Crippen molar-refractivity contribution in [2.75, 3.05) is 0 Å². The third-order valence-electron chi connectivity index (χ3n) is 1.51. The van der Waals surface area contributed by atoms with Crippen molar-refractivity contribution in [1.82, 2.24) is 0 Å². The summed E-state index contributed by atoms with van der Waals surface area (Å²) in [4.78, 5) is -0.327. The Kier molecular flexibility index (Phi) is 4.27. The van der Waals surface area contributed by atoms with E-state index < -0.39 is 16.6 Å². The summed E-state index contributed by atoms with van der Waals surface area (Å²) in [7, 11) is -4.00. The van der Waals surface area contributed by atoms with Gasteiger partial charge in [0.25, 0.3) is 0 Å². The second-order valence-corrected chi connectivity index (χ2v) is 5.88. The Morgan fingerprint density at radius 2 is 1.81 bits per heavy atom. The summed E-state index contributed by atoms with van der Waals surface area (Å²) in [5.41, 5.74) is 0. The molecule has 0 heterocycles. The minimum Gasteiger partial charge on any atom is -0.434 e. The zero-order valence-corrected chi connectivity index (χ0v) is 11.4. The van der Waals surface area contributed by atoms with Crippen LogP contribution in [-0.4, -0.2) is 15.0 Å². The average Bonchev–Trinajstić information content (AvgIpc) is 2.06. The van der Waals surface area contributed by atoms with Crippen LogP contribution in [-0.2, 0) is 10.0 Å². The normalized spacial score (nSPS) is 11.9. The Morgan fingerprint density at radius 3 is 2.25 bits per heavy atom. The monoisotopic (exact) mass is 379 g/mol. The number of alkyl halides is 2. The molecule has 0 unspecified atom stereocenters. The van der Waals surface area contributed by atoms with Gasteiger partial charge in [-0.25, -0.2) is 13.6 Å². The Morgan fingerprint density at radius 1 is 1.25 bits per heavy atom. The van der Waals surface area contributed by atoms with E-state index in [0.29, 0.717) is 0 Å². The molecule has 1 aromatic carbocycles. The first-order valence-corrected chi connectivity index (χ1v) is 6.81. The highest BCUT2D eigenvalue weighted by molar-refractivity contribution is 9.11. The van der Waals surface area contributed by atoms with Crippen LogP contribution in [0.2, 0.25) is 0 Å². The minimum atomic E-state index is -4.00. The molecule has 0 bridgehead atoms. The summed E-state index contributed by atoms with van der Waals surface area (Å²) in [5, 5.41) is 4.89. The molecule has 0 spiro atoms. The second kappa shape index (κ2) is 4.94. The highest BCUT2D eigenvalue weighted by atomic mass is 79.9. The Hall–Kier alpha value is -0.250. The smallest absolute Gasteiger partial charge is 0.387 e. The lowest BCUT2D eigenvalue weighted by Gasteiger charge is -2.09. The van der Waals surface area contributed by atoms with E-state index in [1.54, 1.807) is 0 Å². The summed E-state index contributed by atoms with van der Waals surface area (Å²) in [5.74, 6) is -0.303. The molecule has 0 aliphatic carbocycles. The highest BCUT2D eigenvalue weighted by Crippen LogP contribution is 2.34. The van der Waals surface area contributed by atoms with E-state index in [2.05, 4.69) is 36.6 Å². The van der Waals surface area contributed by atoms with Gasteiger partial charge in [-0.3, -0.25) is 0 Å². The van der Waals surface area contributed by atoms with Gasteiger partial charge < -0.3 is 4.74 Å². The third-order valence-corrected chi connectivity index (χ3v) is 4.00. The quantitative estimate of drug-likeness (QED) is 0.875. The van der Waals surface area contributed by atoms with Crippen molar-refractivity contribution in [3.8, 4) is 5.75 Å². The summed E-state index contributed by atoms with van der Waals surface area (Å²) < 4.78 is 50.6. The van der Waals surface area contributed by atoms with Crippen LogP contribution >= 0.6 is 31.9 Å². The molecule has 1 rings (SSSR count). The lowest BCUT2D eigenvalue weighted by Crippen LogP contribution is -2.13. The molecule has 16 heavy (non-hydrogen) atoms. The minimum absolute atomic E-state index is 0.156. The number of benzene rings is 1. The maximum absolute atomic E-state index is 12.0. The van der Waals surface area contributed by atoms with E-state index in [1.807, 2.05) is 0 Å². The summed E-state index contributed by atoms with van der Waals surface area (Å²) >= 11 is 5.90.